The number of hydrogen-bond donors (Lipinski definition) is 1. The van der Waals surface area contributed by atoms with Crippen molar-refractivity contribution in [3.05, 3.63) is 88.5 Å². The molecule has 4 rings (SSSR count). The van der Waals surface area contributed by atoms with Crippen molar-refractivity contribution in [3.63, 3.8) is 0 Å². The van der Waals surface area contributed by atoms with Crippen LogP contribution < -0.4 is 10.2 Å². The summed E-state index contributed by atoms with van der Waals surface area (Å²) in [7, 11) is -4.01. The molecule has 1 amide bonds. The number of nitro groups is 1. The highest BCUT2D eigenvalue weighted by molar-refractivity contribution is 7.90. The van der Waals surface area contributed by atoms with Crippen molar-refractivity contribution in [2.75, 3.05) is 10.2 Å². The second kappa shape index (κ2) is 9.06. The highest BCUT2D eigenvalue weighted by atomic mass is 32.2. The lowest BCUT2D eigenvalue weighted by Gasteiger charge is -2.32. The molecule has 0 unspecified atom stereocenters. The molecule has 9 nitrogen and oxygen atoms in total. The molecular formula is C24H22N4O5S. The van der Waals surface area contributed by atoms with E-state index >= 15 is 0 Å². The molecule has 1 N–H and O–H groups in total. The number of carbonyl (C=O) groups excluding carboxylic acids is 1. The Morgan fingerprint density at radius 1 is 1.06 bits per heavy atom. The molecule has 34 heavy (non-hydrogen) atoms. The van der Waals surface area contributed by atoms with Gasteiger partial charge in [0.15, 0.2) is 0 Å². The lowest BCUT2D eigenvalue weighted by Crippen LogP contribution is -2.33. The Morgan fingerprint density at radius 3 is 2.47 bits per heavy atom. The number of fused-ring (bicyclic) bond motifs is 1. The largest absolute Gasteiger partial charge is 0.322 e. The van der Waals surface area contributed by atoms with Crippen LogP contribution in [0.1, 0.15) is 30.6 Å². The predicted molar refractivity (Wildman–Crippen MR) is 130 cm³/mol. The van der Waals surface area contributed by atoms with Crippen LogP contribution in [-0.2, 0) is 10.0 Å². The molecule has 0 fully saturated rings. The van der Waals surface area contributed by atoms with Crippen LogP contribution in [0, 0.1) is 16.0 Å². The number of non-ortho nitro benzene ring substituents is 1. The van der Waals surface area contributed by atoms with Gasteiger partial charge in [-0.3, -0.25) is 19.8 Å². The smallest absolute Gasteiger partial charge is 0.286 e. The van der Waals surface area contributed by atoms with E-state index in [2.05, 4.69) is 9.71 Å². The van der Waals surface area contributed by atoms with Crippen LogP contribution in [0.5, 0.6) is 0 Å². The maximum Gasteiger partial charge on any atom is 0.286 e. The number of carbonyl (C=O) groups is 1. The van der Waals surface area contributed by atoms with Crippen molar-refractivity contribution in [3.8, 4) is 0 Å². The standard InChI is InChI=1S/C24H22N4O5S/c1-16(2)13-23-26-34(32,33)22-15-18(11-12-21(22)27(23)19-8-4-3-5-9-19)25-24(29)17-7-6-10-20(14-17)28(30)31/h3-12,14-16H,13H2,1-2H3,(H,25,29). The average Bonchev–Trinajstić information content (AvgIpc) is 2.79. The van der Waals surface area contributed by atoms with Crippen LogP contribution in [-0.4, -0.2) is 25.1 Å². The van der Waals surface area contributed by atoms with Gasteiger partial charge in [-0.1, -0.05) is 38.1 Å². The minimum absolute atomic E-state index is 0.0410. The first-order chi connectivity index (χ1) is 16.2. The number of para-hydroxylation sites is 1. The summed E-state index contributed by atoms with van der Waals surface area (Å²) in [5, 5.41) is 13.6. The van der Waals surface area contributed by atoms with Gasteiger partial charge in [-0.25, -0.2) is 0 Å². The fraction of sp³-hybridized carbons (Fsp3) is 0.167. The van der Waals surface area contributed by atoms with E-state index < -0.39 is 20.9 Å². The van der Waals surface area contributed by atoms with Crippen LogP contribution in [0.3, 0.4) is 0 Å². The van der Waals surface area contributed by atoms with Gasteiger partial charge in [-0.05, 0) is 42.3 Å². The van der Waals surface area contributed by atoms with Gasteiger partial charge in [0.05, 0.1) is 10.6 Å². The van der Waals surface area contributed by atoms with Gasteiger partial charge in [0, 0.05) is 35.5 Å². The highest BCUT2D eigenvalue weighted by Gasteiger charge is 2.32. The molecule has 3 aromatic carbocycles. The minimum Gasteiger partial charge on any atom is -0.322 e. The van der Waals surface area contributed by atoms with Gasteiger partial charge < -0.3 is 5.32 Å². The number of nitrogens with zero attached hydrogens (tertiary/aromatic N) is 3. The van der Waals surface area contributed by atoms with Crippen LogP contribution >= 0.6 is 0 Å². The second-order valence-corrected chi connectivity index (χ2v) is 9.77. The summed E-state index contributed by atoms with van der Waals surface area (Å²) in [4.78, 5) is 24.8. The lowest BCUT2D eigenvalue weighted by atomic mass is 10.1. The Labute approximate surface area is 197 Å². The van der Waals surface area contributed by atoms with Gasteiger partial charge in [0.25, 0.3) is 21.6 Å². The van der Waals surface area contributed by atoms with Crippen molar-refractivity contribution < 1.29 is 18.1 Å². The van der Waals surface area contributed by atoms with Gasteiger partial charge in [0.1, 0.15) is 10.7 Å². The van der Waals surface area contributed by atoms with E-state index in [1.165, 1.54) is 24.3 Å². The molecule has 174 valence electrons. The summed E-state index contributed by atoms with van der Waals surface area (Å²) >= 11 is 0. The van der Waals surface area contributed by atoms with E-state index in [-0.39, 0.29) is 27.8 Å². The molecule has 0 saturated carbocycles. The molecule has 0 spiro atoms. The maximum absolute atomic E-state index is 13.1. The van der Waals surface area contributed by atoms with E-state index in [0.29, 0.717) is 17.9 Å². The molecular weight excluding hydrogens is 456 g/mol. The number of amidine groups is 1. The number of rotatable bonds is 6. The Hall–Kier alpha value is -4.05. The molecule has 3 aromatic rings. The van der Waals surface area contributed by atoms with E-state index in [9.17, 15) is 23.3 Å². The van der Waals surface area contributed by atoms with E-state index in [1.54, 1.807) is 12.1 Å². The fourth-order valence-corrected chi connectivity index (χ4v) is 4.91. The topological polar surface area (TPSA) is 122 Å². The Balaban J connectivity index is 1.73. The number of nitro benzene ring substituents is 1. The normalized spacial score (nSPS) is 14.3. The van der Waals surface area contributed by atoms with Crippen molar-refractivity contribution in [1.82, 2.24) is 0 Å². The Kier molecular flexibility index (Phi) is 6.16. The molecule has 0 saturated heterocycles. The summed E-state index contributed by atoms with van der Waals surface area (Å²) in [6, 6.07) is 19.2. The number of anilines is 3. The quantitative estimate of drug-likeness (QED) is 0.387. The zero-order valence-electron chi connectivity index (χ0n) is 18.5. The summed E-state index contributed by atoms with van der Waals surface area (Å²) < 4.78 is 30.2. The molecule has 0 bridgehead atoms. The summed E-state index contributed by atoms with van der Waals surface area (Å²) in [6.07, 6.45) is 0.457. The number of sulfonamides is 1. The van der Waals surface area contributed by atoms with Gasteiger partial charge in [-0.2, -0.15) is 8.42 Å². The predicted octanol–water partition coefficient (Wildman–Crippen LogP) is 5.13. The monoisotopic (exact) mass is 478 g/mol. The first-order valence-electron chi connectivity index (χ1n) is 10.5. The lowest BCUT2D eigenvalue weighted by molar-refractivity contribution is -0.384. The molecule has 0 aromatic heterocycles. The summed E-state index contributed by atoms with van der Waals surface area (Å²) in [6.45, 7) is 3.97. The fourth-order valence-electron chi connectivity index (χ4n) is 3.67. The first-order valence-corrected chi connectivity index (χ1v) is 12.0. The zero-order chi connectivity index (χ0) is 24.5. The second-order valence-electron chi connectivity index (χ2n) is 8.20. The van der Waals surface area contributed by atoms with E-state index in [1.807, 2.05) is 49.1 Å². The Morgan fingerprint density at radius 2 is 1.79 bits per heavy atom. The number of hydrogen-bond acceptors (Lipinski definition) is 6. The van der Waals surface area contributed by atoms with Crippen LogP contribution in [0.4, 0.5) is 22.7 Å². The molecule has 0 aliphatic carbocycles. The van der Waals surface area contributed by atoms with Gasteiger partial charge in [-0.15, -0.1) is 4.40 Å². The SMILES string of the molecule is CC(C)CC1=NS(=O)(=O)c2cc(NC(=O)c3cccc([N+](=O)[O-])c3)ccc2N1c1ccccc1. The average molecular weight is 479 g/mol. The highest BCUT2D eigenvalue weighted by Crippen LogP contribution is 2.39. The number of benzene rings is 3. The number of nitrogens with one attached hydrogen (secondary N) is 1. The zero-order valence-corrected chi connectivity index (χ0v) is 19.3. The van der Waals surface area contributed by atoms with Crippen LogP contribution in [0.15, 0.2) is 82.1 Å². The summed E-state index contributed by atoms with van der Waals surface area (Å²) in [5.41, 5.74) is 1.30. The molecule has 10 heteroatoms. The van der Waals surface area contributed by atoms with E-state index in [4.69, 9.17) is 0 Å². The number of amides is 1. The molecule has 1 heterocycles. The molecule has 1 aliphatic heterocycles. The van der Waals surface area contributed by atoms with Crippen molar-refractivity contribution in [1.29, 1.82) is 0 Å². The van der Waals surface area contributed by atoms with Crippen molar-refractivity contribution >= 4 is 44.5 Å². The van der Waals surface area contributed by atoms with E-state index in [0.717, 1.165) is 11.8 Å². The third-order valence-corrected chi connectivity index (χ3v) is 6.48. The molecule has 0 radical (unpaired) electrons. The third kappa shape index (κ3) is 4.67. The minimum atomic E-state index is -4.01. The van der Waals surface area contributed by atoms with Crippen LogP contribution in [0.2, 0.25) is 0 Å². The van der Waals surface area contributed by atoms with Gasteiger partial charge in [0.2, 0.25) is 0 Å². The van der Waals surface area contributed by atoms with Crippen LogP contribution in [0.25, 0.3) is 0 Å². The molecule has 1 aliphatic rings. The van der Waals surface area contributed by atoms with Crippen molar-refractivity contribution in [2.24, 2.45) is 10.3 Å². The Bertz CT molecular complexity index is 1400. The third-order valence-electron chi connectivity index (χ3n) is 5.14. The van der Waals surface area contributed by atoms with Crippen molar-refractivity contribution in [2.45, 2.75) is 25.2 Å². The van der Waals surface area contributed by atoms with Gasteiger partial charge >= 0.3 is 0 Å². The summed E-state index contributed by atoms with van der Waals surface area (Å²) in [5.74, 6) is -0.00180. The maximum atomic E-state index is 13.1. The molecule has 0 atom stereocenters. The first kappa shape index (κ1) is 23.1.